The molecule has 0 bridgehead atoms. The molecule has 0 spiro atoms. The molecule has 1 N–H and O–H groups in total. The van der Waals surface area contributed by atoms with Crippen molar-refractivity contribution >= 4 is 44.9 Å². The van der Waals surface area contributed by atoms with Crippen LogP contribution in [0.15, 0.2) is 77.4 Å². The summed E-state index contributed by atoms with van der Waals surface area (Å²) >= 11 is 2.98. The second-order valence-electron chi connectivity index (χ2n) is 5.59. The minimum absolute atomic E-state index is 0.0971. The molecule has 0 atom stereocenters. The number of ether oxygens (including phenoxy) is 1. The molecule has 4 rings (SSSR count). The van der Waals surface area contributed by atoms with Crippen LogP contribution in [-0.2, 0) is 4.79 Å². The first-order chi connectivity index (χ1) is 13.3. The van der Waals surface area contributed by atoms with E-state index in [0.29, 0.717) is 11.4 Å². The maximum Gasteiger partial charge on any atom is 0.234 e. The molecule has 0 aliphatic rings. The summed E-state index contributed by atoms with van der Waals surface area (Å²) in [5, 5.41) is 5.70. The van der Waals surface area contributed by atoms with Crippen LogP contribution in [-0.4, -0.2) is 21.6 Å². The minimum Gasteiger partial charge on any atom is -0.457 e. The van der Waals surface area contributed by atoms with E-state index in [1.165, 1.54) is 18.1 Å². The smallest absolute Gasteiger partial charge is 0.234 e. The molecule has 134 valence electrons. The van der Waals surface area contributed by atoms with Gasteiger partial charge in [0.25, 0.3) is 0 Å². The minimum atomic E-state index is -0.0971. The molecule has 0 unspecified atom stereocenters. The summed E-state index contributed by atoms with van der Waals surface area (Å²) in [5.74, 6) is 1.59. The highest BCUT2D eigenvalue weighted by atomic mass is 32.2. The van der Waals surface area contributed by atoms with E-state index in [1.54, 1.807) is 17.4 Å². The second kappa shape index (κ2) is 8.20. The molecular formula is C20H15N3O2S2. The van der Waals surface area contributed by atoms with Gasteiger partial charge in [0.1, 0.15) is 22.9 Å². The monoisotopic (exact) mass is 393 g/mol. The predicted octanol–water partition coefficient (Wildman–Crippen LogP) is 5.21. The number of thioether (sulfide) groups is 1. The number of amides is 1. The van der Waals surface area contributed by atoms with Crippen LogP contribution in [0.4, 0.5) is 5.69 Å². The topological polar surface area (TPSA) is 64.1 Å². The molecule has 2 aromatic carbocycles. The number of anilines is 1. The van der Waals surface area contributed by atoms with Crippen molar-refractivity contribution in [3.05, 3.63) is 72.4 Å². The Kier molecular flexibility index (Phi) is 5.32. The lowest BCUT2D eigenvalue weighted by atomic mass is 10.3. The number of benzene rings is 2. The van der Waals surface area contributed by atoms with Crippen molar-refractivity contribution in [1.82, 2.24) is 9.97 Å². The number of nitrogens with one attached hydrogen (secondary N) is 1. The maximum atomic E-state index is 12.3. The molecule has 4 aromatic rings. The van der Waals surface area contributed by atoms with Crippen molar-refractivity contribution in [1.29, 1.82) is 0 Å². The van der Waals surface area contributed by atoms with E-state index in [4.69, 9.17) is 4.74 Å². The van der Waals surface area contributed by atoms with E-state index >= 15 is 0 Å². The number of aromatic nitrogens is 2. The van der Waals surface area contributed by atoms with Gasteiger partial charge in [-0.3, -0.25) is 4.79 Å². The Morgan fingerprint density at radius 2 is 1.89 bits per heavy atom. The molecule has 0 aliphatic heterocycles. The molecule has 0 fully saturated rings. The summed E-state index contributed by atoms with van der Waals surface area (Å²) in [6, 6.07) is 18.8. The lowest BCUT2D eigenvalue weighted by molar-refractivity contribution is -0.113. The predicted molar refractivity (Wildman–Crippen MR) is 110 cm³/mol. The van der Waals surface area contributed by atoms with Gasteiger partial charge in [-0.05, 0) is 35.7 Å². The number of thiophene rings is 1. The van der Waals surface area contributed by atoms with E-state index in [0.717, 1.165) is 21.0 Å². The zero-order valence-corrected chi connectivity index (χ0v) is 15.8. The number of fused-ring (bicyclic) bond motifs is 1. The van der Waals surface area contributed by atoms with Gasteiger partial charge in [-0.15, -0.1) is 11.3 Å². The molecule has 7 heteroatoms. The first kappa shape index (κ1) is 17.5. The van der Waals surface area contributed by atoms with E-state index in [1.807, 2.05) is 60.0 Å². The third-order valence-corrected chi connectivity index (χ3v) is 5.68. The largest absolute Gasteiger partial charge is 0.457 e. The van der Waals surface area contributed by atoms with Crippen LogP contribution in [0.2, 0.25) is 0 Å². The summed E-state index contributed by atoms with van der Waals surface area (Å²) < 4.78 is 6.81. The Bertz CT molecular complexity index is 1070. The Hall–Kier alpha value is -2.90. The molecule has 0 saturated heterocycles. The summed E-state index contributed by atoms with van der Waals surface area (Å²) in [6.45, 7) is 0. The molecule has 0 aliphatic carbocycles. The van der Waals surface area contributed by atoms with E-state index in [-0.39, 0.29) is 11.7 Å². The van der Waals surface area contributed by atoms with Gasteiger partial charge in [0, 0.05) is 11.8 Å². The summed E-state index contributed by atoms with van der Waals surface area (Å²) in [4.78, 5) is 20.8. The fourth-order valence-electron chi connectivity index (χ4n) is 2.46. The van der Waals surface area contributed by atoms with E-state index in [9.17, 15) is 4.79 Å². The molecule has 0 saturated carbocycles. The average molecular weight is 393 g/mol. The van der Waals surface area contributed by atoms with Gasteiger partial charge in [0.05, 0.1) is 16.0 Å². The quantitative estimate of drug-likeness (QED) is 0.360. The van der Waals surface area contributed by atoms with Crippen molar-refractivity contribution in [2.75, 3.05) is 11.1 Å². The fourth-order valence-corrected chi connectivity index (χ4v) is 4.21. The van der Waals surface area contributed by atoms with Gasteiger partial charge in [-0.1, -0.05) is 36.0 Å². The van der Waals surface area contributed by atoms with E-state index < -0.39 is 0 Å². The fraction of sp³-hybridized carbons (Fsp3) is 0.0500. The molecule has 1 amide bonds. The van der Waals surface area contributed by atoms with Gasteiger partial charge < -0.3 is 10.1 Å². The lowest BCUT2D eigenvalue weighted by Gasteiger charge is -2.09. The van der Waals surface area contributed by atoms with Crippen LogP contribution in [0, 0.1) is 0 Å². The number of nitrogens with zero attached hydrogens (tertiary/aromatic N) is 2. The zero-order valence-electron chi connectivity index (χ0n) is 14.2. The Balaban J connectivity index is 1.38. The van der Waals surface area contributed by atoms with Crippen molar-refractivity contribution < 1.29 is 9.53 Å². The van der Waals surface area contributed by atoms with Gasteiger partial charge in [0.15, 0.2) is 0 Å². The molecule has 27 heavy (non-hydrogen) atoms. The van der Waals surface area contributed by atoms with Gasteiger partial charge in [-0.2, -0.15) is 0 Å². The van der Waals surface area contributed by atoms with Crippen molar-refractivity contribution in [3.8, 4) is 11.5 Å². The Morgan fingerprint density at radius 1 is 1.04 bits per heavy atom. The molecule has 5 nitrogen and oxygen atoms in total. The van der Waals surface area contributed by atoms with Crippen LogP contribution >= 0.6 is 23.1 Å². The summed E-state index contributed by atoms with van der Waals surface area (Å²) in [7, 11) is 0. The van der Waals surface area contributed by atoms with Crippen molar-refractivity contribution in [3.63, 3.8) is 0 Å². The maximum absolute atomic E-state index is 12.3. The lowest BCUT2D eigenvalue weighted by Crippen LogP contribution is -2.14. The van der Waals surface area contributed by atoms with Crippen LogP contribution in [0.25, 0.3) is 10.2 Å². The van der Waals surface area contributed by atoms with Crippen LogP contribution in [0.5, 0.6) is 11.5 Å². The first-order valence-corrected chi connectivity index (χ1v) is 10.1. The third kappa shape index (κ3) is 4.45. The number of hydrogen-bond donors (Lipinski definition) is 1. The summed E-state index contributed by atoms with van der Waals surface area (Å²) in [5.41, 5.74) is 1.60. The van der Waals surface area contributed by atoms with Crippen LogP contribution in [0.1, 0.15) is 0 Å². The average Bonchev–Trinajstić information content (AvgIpc) is 3.17. The highest BCUT2D eigenvalue weighted by molar-refractivity contribution is 8.00. The number of rotatable bonds is 6. The zero-order chi connectivity index (χ0) is 18.5. The van der Waals surface area contributed by atoms with Crippen molar-refractivity contribution in [2.24, 2.45) is 0 Å². The van der Waals surface area contributed by atoms with Crippen molar-refractivity contribution in [2.45, 2.75) is 5.03 Å². The van der Waals surface area contributed by atoms with Gasteiger partial charge in [-0.25, -0.2) is 9.97 Å². The van der Waals surface area contributed by atoms with Gasteiger partial charge in [0.2, 0.25) is 5.91 Å². The second-order valence-corrected chi connectivity index (χ2v) is 7.47. The standard InChI is InChI=1S/C20H15N3O2S2/c24-18(12-27-20-19-17(9-10-26-19)21-13-22-20)23-14-5-4-8-16(11-14)25-15-6-2-1-3-7-15/h1-11,13H,12H2,(H,23,24). The highest BCUT2D eigenvalue weighted by Gasteiger charge is 2.09. The number of carbonyl (C=O) groups is 1. The summed E-state index contributed by atoms with van der Waals surface area (Å²) in [6.07, 6.45) is 1.53. The van der Waals surface area contributed by atoms with Crippen LogP contribution in [0.3, 0.4) is 0 Å². The number of carbonyl (C=O) groups excluding carboxylic acids is 1. The molecule has 2 heterocycles. The Morgan fingerprint density at radius 3 is 2.78 bits per heavy atom. The first-order valence-electron chi connectivity index (χ1n) is 8.22. The van der Waals surface area contributed by atoms with E-state index in [2.05, 4.69) is 15.3 Å². The number of para-hydroxylation sites is 1. The normalized spacial score (nSPS) is 10.7. The highest BCUT2D eigenvalue weighted by Crippen LogP contribution is 2.29. The molecule has 0 radical (unpaired) electrons. The van der Waals surface area contributed by atoms with Crippen LogP contribution < -0.4 is 10.1 Å². The number of hydrogen-bond acceptors (Lipinski definition) is 6. The third-order valence-electron chi connectivity index (χ3n) is 3.65. The van der Waals surface area contributed by atoms with Gasteiger partial charge >= 0.3 is 0 Å². The molecular weight excluding hydrogens is 378 g/mol. The molecule has 2 aromatic heterocycles. The Labute approximate surface area is 164 Å². The SMILES string of the molecule is O=C(CSc1ncnc2ccsc12)Nc1cccc(Oc2ccccc2)c1.